The highest BCUT2D eigenvalue weighted by molar-refractivity contribution is 5.81. The second kappa shape index (κ2) is 6.56. The summed E-state index contributed by atoms with van der Waals surface area (Å²) in [4.78, 5) is 14.4. The van der Waals surface area contributed by atoms with Crippen LogP contribution in [0.1, 0.15) is 71.6 Å². The van der Waals surface area contributed by atoms with E-state index in [1.54, 1.807) is 0 Å². The molecule has 1 aromatic rings. The summed E-state index contributed by atoms with van der Waals surface area (Å²) < 4.78 is 16.4. The number of carbonyl (C=O) groups excluding carboxylic acids is 1. The second-order valence-corrected chi connectivity index (χ2v) is 10.9. The van der Waals surface area contributed by atoms with Crippen molar-refractivity contribution in [2.75, 3.05) is 0 Å². The van der Waals surface area contributed by atoms with Gasteiger partial charge in [0.1, 0.15) is 12.2 Å². The summed E-state index contributed by atoms with van der Waals surface area (Å²) in [6, 6.07) is 0. The Morgan fingerprint density at radius 1 is 1.14 bits per heavy atom. The van der Waals surface area contributed by atoms with Crippen molar-refractivity contribution in [3.05, 3.63) is 6.33 Å². The van der Waals surface area contributed by atoms with Gasteiger partial charge in [-0.3, -0.25) is 4.79 Å². The number of fused-ring (bicyclic) bond motifs is 5. The number of alkyl halides is 1. The predicted molar refractivity (Wildman–Crippen MR) is 104 cm³/mol. The molecule has 6 nitrogen and oxygen atoms in total. The zero-order valence-corrected chi connectivity index (χ0v) is 17.6. The first kappa shape index (κ1) is 19.6. The predicted octanol–water partition coefficient (Wildman–Crippen LogP) is 3.35. The minimum atomic E-state index is -1.13. The quantitative estimate of drug-likeness (QED) is 0.836. The van der Waals surface area contributed by atoms with Gasteiger partial charge in [-0.1, -0.05) is 6.92 Å². The van der Waals surface area contributed by atoms with Gasteiger partial charge in [0.15, 0.2) is 12.1 Å². The van der Waals surface area contributed by atoms with Gasteiger partial charge in [-0.25, -0.2) is 4.39 Å². The van der Waals surface area contributed by atoms with Crippen molar-refractivity contribution >= 4 is 5.78 Å². The number of ketones is 1. The van der Waals surface area contributed by atoms with E-state index in [1.807, 2.05) is 6.92 Å². The molecule has 0 spiro atoms. The topological polar surface area (TPSA) is 80.9 Å². The van der Waals surface area contributed by atoms with Crippen LogP contribution in [0.4, 0.5) is 4.39 Å². The number of carbonyl (C=O) groups is 1. The van der Waals surface area contributed by atoms with Crippen molar-refractivity contribution in [1.82, 2.24) is 20.2 Å². The second-order valence-electron chi connectivity index (χ2n) is 10.9. The Bertz CT molecular complexity index is 784. The molecular formula is C22H33FN4O2. The van der Waals surface area contributed by atoms with Crippen molar-refractivity contribution in [1.29, 1.82) is 0 Å². The number of nitrogens with zero attached hydrogens (tertiary/aromatic N) is 4. The maximum absolute atomic E-state index is 16.4. The third-order valence-electron chi connectivity index (χ3n) is 9.39. The number of Topliss-reactive ketones (excluding diaryl/α,β-unsaturated/α-hetero) is 1. The molecule has 1 aromatic heterocycles. The van der Waals surface area contributed by atoms with Crippen molar-refractivity contribution in [3.63, 3.8) is 0 Å². The van der Waals surface area contributed by atoms with Crippen LogP contribution in [-0.2, 0) is 11.3 Å². The molecular weight excluding hydrogens is 371 g/mol. The maximum Gasteiger partial charge on any atom is 0.162 e. The number of aliphatic hydroxyl groups is 1. The summed E-state index contributed by atoms with van der Waals surface area (Å²) in [7, 11) is 0. The van der Waals surface area contributed by atoms with Crippen LogP contribution in [0, 0.1) is 35.0 Å². The molecule has 0 aromatic carbocycles. The molecule has 160 valence electrons. The highest BCUT2D eigenvalue weighted by Crippen LogP contribution is 2.66. The number of halogens is 1. The first-order valence-electron chi connectivity index (χ1n) is 11.4. The fraction of sp³-hybridized carbons (Fsp3) is 0.909. The normalized spacial score (nSPS) is 49.2. The maximum atomic E-state index is 16.4. The van der Waals surface area contributed by atoms with Gasteiger partial charge in [0.2, 0.25) is 0 Å². The Hall–Kier alpha value is -1.37. The summed E-state index contributed by atoms with van der Waals surface area (Å²) in [6.45, 7) is 4.33. The van der Waals surface area contributed by atoms with Crippen molar-refractivity contribution in [2.24, 2.45) is 35.0 Å². The van der Waals surface area contributed by atoms with E-state index in [0.717, 1.165) is 38.5 Å². The molecule has 0 aliphatic heterocycles. The molecule has 0 unspecified atom stereocenters. The fourth-order valence-electron chi connectivity index (χ4n) is 8.02. The summed E-state index contributed by atoms with van der Waals surface area (Å²) in [5, 5.41) is 22.0. The Kier molecular flexibility index (Phi) is 4.43. The lowest BCUT2D eigenvalue weighted by atomic mass is 9.48. The molecule has 4 saturated carbocycles. The molecule has 0 saturated heterocycles. The minimum absolute atomic E-state index is 0.00548. The monoisotopic (exact) mass is 404 g/mol. The highest BCUT2D eigenvalue weighted by atomic mass is 19.1. The largest absolute Gasteiger partial charge is 0.390 e. The van der Waals surface area contributed by atoms with Gasteiger partial charge < -0.3 is 5.11 Å². The fourth-order valence-corrected chi connectivity index (χ4v) is 8.02. The molecule has 0 bridgehead atoms. The average molecular weight is 405 g/mol. The SMILES string of the molecule is C[C@@]1(O)CC[C@@]2(F)[C@H](CC[C@H]3[C@@H]4CC[C@H](C(=O)Cn5ncnn5)[C@@]4(C)CC[C@@H]32)C1. The van der Waals surface area contributed by atoms with Crippen molar-refractivity contribution in [3.8, 4) is 0 Å². The first-order chi connectivity index (χ1) is 13.7. The average Bonchev–Trinajstić information content (AvgIpc) is 3.29. The van der Waals surface area contributed by atoms with Gasteiger partial charge in [0, 0.05) is 5.92 Å². The number of tetrazole rings is 1. The molecule has 1 heterocycles. The molecule has 0 radical (unpaired) electrons. The van der Waals surface area contributed by atoms with Gasteiger partial charge in [-0.2, -0.15) is 4.80 Å². The Balaban J connectivity index is 1.36. The molecule has 1 N–H and O–H groups in total. The van der Waals surface area contributed by atoms with Crippen LogP contribution >= 0.6 is 0 Å². The van der Waals surface area contributed by atoms with E-state index in [1.165, 1.54) is 11.1 Å². The van der Waals surface area contributed by atoms with Gasteiger partial charge in [0.05, 0.1) is 5.60 Å². The zero-order chi connectivity index (χ0) is 20.4. The molecule has 4 aliphatic carbocycles. The van der Waals surface area contributed by atoms with Crippen LogP contribution in [0.2, 0.25) is 0 Å². The van der Waals surface area contributed by atoms with E-state index in [9.17, 15) is 9.90 Å². The summed E-state index contributed by atoms with van der Waals surface area (Å²) in [6.07, 6.45) is 8.66. The lowest BCUT2D eigenvalue weighted by Crippen LogP contribution is -2.58. The van der Waals surface area contributed by atoms with E-state index < -0.39 is 11.3 Å². The molecule has 4 aliphatic rings. The molecule has 8 atom stereocenters. The molecule has 29 heavy (non-hydrogen) atoms. The van der Waals surface area contributed by atoms with Gasteiger partial charge in [0.25, 0.3) is 0 Å². The van der Waals surface area contributed by atoms with E-state index >= 15 is 4.39 Å². The van der Waals surface area contributed by atoms with E-state index in [-0.39, 0.29) is 35.5 Å². The molecule has 0 amide bonds. The van der Waals surface area contributed by atoms with Gasteiger partial charge in [-0.05, 0) is 99.0 Å². The van der Waals surface area contributed by atoms with Crippen molar-refractivity contribution in [2.45, 2.75) is 89.4 Å². The van der Waals surface area contributed by atoms with Crippen LogP contribution in [0.25, 0.3) is 0 Å². The molecule has 5 rings (SSSR count). The number of hydrogen-bond acceptors (Lipinski definition) is 5. The van der Waals surface area contributed by atoms with E-state index in [2.05, 4.69) is 22.3 Å². The summed E-state index contributed by atoms with van der Waals surface area (Å²) >= 11 is 0. The van der Waals surface area contributed by atoms with Crippen molar-refractivity contribution < 1.29 is 14.3 Å². The van der Waals surface area contributed by atoms with Crippen LogP contribution in [0.3, 0.4) is 0 Å². The molecule has 7 heteroatoms. The number of aromatic nitrogens is 4. The van der Waals surface area contributed by atoms with Gasteiger partial charge in [-0.15, -0.1) is 10.2 Å². The lowest BCUT2D eigenvalue weighted by molar-refractivity contribution is -0.166. The zero-order valence-electron chi connectivity index (χ0n) is 17.6. The van der Waals surface area contributed by atoms with Crippen LogP contribution in [0.15, 0.2) is 6.33 Å². The Morgan fingerprint density at radius 3 is 2.72 bits per heavy atom. The summed E-state index contributed by atoms with van der Waals surface area (Å²) in [5.41, 5.74) is -1.88. The van der Waals surface area contributed by atoms with Gasteiger partial charge >= 0.3 is 0 Å². The smallest absolute Gasteiger partial charge is 0.162 e. The number of hydrogen-bond donors (Lipinski definition) is 1. The third-order valence-corrected chi connectivity index (χ3v) is 9.39. The Labute approximate surface area is 171 Å². The highest BCUT2D eigenvalue weighted by Gasteiger charge is 2.63. The van der Waals surface area contributed by atoms with Crippen LogP contribution in [-0.4, -0.2) is 42.4 Å². The standard InChI is InChI=1S/C22H33FN4O2/c1-20(29)9-10-22(23)14(11-20)3-4-15-16-5-6-18(21(16,2)8-7-17(15)22)19(28)12-27-25-13-24-26-27/h13-18,29H,3-12H2,1-2H3/t14-,15+,16+,17+,18-,20-,21+,22-/m1/s1. The van der Waals surface area contributed by atoms with E-state index in [0.29, 0.717) is 31.1 Å². The minimum Gasteiger partial charge on any atom is -0.390 e. The summed E-state index contributed by atoms with van der Waals surface area (Å²) in [5.74, 6) is 1.11. The third kappa shape index (κ3) is 2.98. The lowest BCUT2D eigenvalue weighted by Gasteiger charge is -2.59. The molecule has 4 fully saturated rings. The van der Waals surface area contributed by atoms with E-state index in [4.69, 9.17) is 0 Å². The first-order valence-corrected chi connectivity index (χ1v) is 11.4. The Morgan fingerprint density at radius 2 is 1.97 bits per heavy atom. The van der Waals surface area contributed by atoms with Crippen LogP contribution < -0.4 is 0 Å². The van der Waals surface area contributed by atoms with Crippen LogP contribution in [0.5, 0.6) is 0 Å². The number of rotatable bonds is 3.